The molecule has 2 heterocycles. The first-order valence-corrected chi connectivity index (χ1v) is 9.35. The van der Waals surface area contributed by atoms with Gasteiger partial charge in [0.15, 0.2) is 10.2 Å². The molecule has 2 aromatic rings. The first-order valence-electron chi connectivity index (χ1n) is 8.53. The standard InChI is InChI=1S/C17H26N4OS/c1-4-13(2)21(14-7-5-6-8-14)11-15-9-10-16(22-15)23-17-19-18-12-20(17)3/h9-10,12-14H,4-8,11H2,1-3H3/t13-/m1/s1. The molecule has 1 saturated carbocycles. The molecule has 0 unspecified atom stereocenters. The summed E-state index contributed by atoms with van der Waals surface area (Å²) >= 11 is 1.52. The number of furan rings is 1. The summed E-state index contributed by atoms with van der Waals surface area (Å²) in [7, 11) is 1.94. The van der Waals surface area contributed by atoms with Gasteiger partial charge in [0.1, 0.15) is 12.1 Å². The molecule has 0 aliphatic heterocycles. The lowest BCUT2D eigenvalue weighted by atomic mass is 10.1. The first-order chi connectivity index (χ1) is 11.2. The van der Waals surface area contributed by atoms with Gasteiger partial charge in [0, 0.05) is 19.1 Å². The Morgan fingerprint density at radius 3 is 2.83 bits per heavy atom. The molecule has 2 aromatic heterocycles. The summed E-state index contributed by atoms with van der Waals surface area (Å²) in [4.78, 5) is 2.63. The van der Waals surface area contributed by atoms with Crippen LogP contribution in [0.5, 0.6) is 0 Å². The van der Waals surface area contributed by atoms with Crippen LogP contribution in [0, 0.1) is 0 Å². The van der Waals surface area contributed by atoms with Gasteiger partial charge >= 0.3 is 0 Å². The molecule has 1 aliphatic rings. The van der Waals surface area contributed by atoms with Crippen molar-refractivity contribution >= 4 is 11.8 Å². The van der Waals surface area contributed by atoms with Crippen LogP contribution in [0.4, 0.5) is 0 Å². The lowest BCUT2D eigenvalue weighted by Crippen LogP contribution is -2.39. The van der Waals surface area contributed by atoms with E-state index in [0.29, 0.717) is 12.1 Å². The molecular weight excluding hydrogens is 308 g/mol. The molecule has 5 nitrogen and oxygen atoms in total. The molecule has 0 radical (unpaired) electrons. The molecule has 0 aromatic carbocycles. The second-order valence-corrected chi connectivity index (χ2v) is 7.39. The Bertz CT molecular complexity index is 618. The van der Waals surface area contributed by atoms with Crippen LogP contribution >= 0.6 is 11.8 Å². The van der Waals surface area contributed by atoms with Crippen molar-refractivity contribution in [1.29, 1.82) is 0 Å². The van der Waals surface area contributed by atoms with E-state index in [9.17, 15) is 0 Å². The van der Waals surface area contributed by atoms with Crippen molar-refractivity contribution in [1.82, 2.24) is 19.7 Å². The highest BCUT2D eigenvalue weighted by Gasteiger charge is 2.26. The van der Waals surface area contributed by atoms with Gasteiger partial charge in [0.05, 0.1) is 6.54 Å². The molecular formula is C17H26N4OS. The van der Waals surface area contributed by atoms with Crippen molar-refractivity contribution in [2.45, 2.75) is 74.8 Å². The third kappa shape index (κ3) is 3.98. The predicted octanol–water partition coefficient (Wildman–Crippen LogP) is 4.10. The van der Waals surface area contributed by atoms with Gasteiger partial charge in [-0.15, -0.1) is 10.2 Å². The van der Waals surface area contributed by atoms with Crippen LogP contribution in [0.1, 0.15) is 51.7 Å². The van der Waals surface area contributed by atoms with Gasteiger partial charge in [-0.1, -0.05) is 19.8 Å². The van der Waals surface area contributed by atoms with E-state index in [0.717, 1.165) is 22.6 Å². The summed E-state index contributed by atoms with van der Waals surface area (Å²) in [5.74, 6) is 1.04. The highest BCUT2D eigenvalue weighted by molar-refractivity contribution is 7.99. The van der Waals surface area contributed by atoms with Gasteiger partial charge in [-0.25, -0.2) is 0 Å². The van der Waals surface area contributed by atoms with E-state index < -0.39 is 0 Å². The van der Waals surface area contributed by atoms with Crippen molar-refractivity contribution in [3.05, 3.63) is 24.2 Å². The average Bonchev–Trinajstić information content (AvgIpc) is 3.28. The maximum atomic E-state index is 6.04. The fourth-order valence-corrected chi connectivity index (χ4v) is 3.99. The second-order valence-electron chi connectivity index (χ2n) is 6.42. The van der Waals surface area contributed by atoms with Crippen LogP contribution in [0.2, 0.25) is 0 Å². The quantitative estimate of drug-likeness (QED) is 0.763. The zero-order valence-corrected chi connectivity index (χ0v) is 15.1. The third-order valence-corrected chi connectivity index (χ3v) is 5.76. The van der Waals surface area contributed by atoms with Crippen molar-refractivity contribution in [2.24, 2.45) is 7.05 Å². The smallest absolute Gasteiger partial charge is 0.198 e. The lowest BCUT2D eigenvalue weighted by Gasteiger charge is -2.33. The van der Waals surface area contributed by atoms with E-state index in [-0.39, 0.29) is 0 Å². The molecule has 1 atom stereocenters. The molecule has 23 heavy (non-hydrogen) atoms. The van der Waals surface area contributed by atoms with Crippen LogP contribution in [0.3, 0.4) is 0 Å². The Morgan fingerprint density at radius 1 is 1.39 bits per heavy atom. The fraction of sp³-hybridized carbons (Fsp3) is 0.647. The van der Waals surface area contributed by atoms with Gasteiger partial charge in [0.25, 0.3) is 0 Å². The lowest BCUT2D eigenvalue weighted by molar-refractivity contribution is 0.120. The normalized spacial score (nSPS) is 17.2. The van der Waals surface area contributed by atoms with E-state index in [1.807, 2.05) is 17.7 Å². The highest BCUT2D eigenvalue weighted by atomic mass is 32.2. The van der Waals surface area contributed by atoms with Crippen LogP contribution in [-0.2, 0) is 13.6 Å². The molecule has 0 bridgehead atoms. The van der Waals surface area contributed by atoms with Gasteiger partial charge in [-0.05, 0) is 50.1 Å². The van der Waals surface area contributed by atoms with Crippen LogP contribution in [0.15, 0.2) is 33.1 Å². The van der Waals surface area contributed by atoms with E-state index >= 15 is 0 Å². The van der Waals surface area contributed by atoms with E-state index in [1.165, 1.54) is 43.9 Å². The number of hydrogen-bond donors (Lipinski definition) is 0. The molecule has 3 rings (SSSR count). The zero-order valence-electron chi connectivity index (χ0n) is 14.2. The molecule has 6 heteroatoms. The number of rotatable bonds is 7. The van der Waals surface area contributed by atoms with Gasteiger partial charge < -0.3 is 8.98 Å². The van der Waals surface area contributed by atoms with Crippen molar-refractivity contribution < 1.29 is 4.42 Å². The second kappa shape index (κ2) is 7.53. The van der Waals surface area contributed by atoms with Gasteiger partial charge in [-0.2, -0.15) is 0 Å². The summed E-state index contributed by atoms with van der Waals surface area (Å²) in [5, 5.41) is 9.72. The van der Waals surface area contributed by atoms with E-state index in [1.54, 1.807) is 6.33 Å². The first kappa shape index (κ1) is 16.6. The summed E-state index contributed by atoms with van der Waals surface area (Å²) in [6.07, 6.45) is 8.26. The Balaban J connectivity index is 1.67. The molecule has 1 fully saturated rings. The molecule has 0 saturated heterocycles. The monoisotopic (exact) mass is 334 g/mol. The van der Waals surface area contributed by atoms with Gasteiger partial charge in [0.2, 0.25) is 0 Å². The van der Waals surface area contributed by atoms with Gasteiger partial charge in [-0.3, -0.25) is 4.90 Å². The average molecular weight is 334 g/mol. The maximum absolute atomic E-state index is 6.04. The summed E-state index contributed by atoms with van der Waals surface area (Å²) in [6, 6.07) is 5.45. The largest absolute Gasteiger partial charge is 0.453 e. The van der Waals surface area contributed by atoms with Crippen LogP contribution in [0.25, 0.3) is 0 Å². The number of hydrogen-bond acceptors (Lipinski definition) is 5. The Morgan fingerprint density at radius 2 is 2.17 bits per heavy atom. The summed E-state index contributed by atoms with van der Waals surface area (Å²) in [6.45, 7) is 5.50. The van der Waals surface area contributed by atoms with Crippen LogP contribution in [-0.4, -0.2) is 31.7 Å². The van der Waals surface area contributed by atoms with E-state index in [4.69, 9.17) is 4.42 Å². The summed E-state index contributed by atoms with van der Waals surface area (Å²) < 4.78 is 7.94. The molecule has 0 spiro atoms. The minimum absolute atomic E-state index is 0.595. The molecule has 0 N–H and O–H groups in total. The zero-order chi connectivity index (χ0) is 16.2. The van der Waals surface area contributed by atoms with E-state index in [2.05, 4.69) is 35.0 Å². The number of aryl methyl sites for hydroxylation is 1. The molecule has 1 aliphatic carbocycles. The minimum atomic E-state index is 0.595. The van der Waals surface area contributed by atoms with Crippen LogP contribution < -0.4 is 0 Å². The Hall–Kier alpha value is -1.27. The number of aromatic nitrogens is 3. The van der Waals surface area contributed by atoms with Crippen molar-refractivity contribution in [2.75, 3.05) is 0 Å². The molecule has 0 amide bonds. The fourth-order valence-electron chi connectivity index (χ4n) is 3.25. The Labute approximate surface area is 142 Å². The Kier molecular flexibility index (Phi) is 5.43. The highest BCUT2D eigenvalue weighted by Crippen LogP contribution is 2.30. The van der Waals surface area contributed by atoms with Crippen molar-refractivity contribution in [3.63, 3.8) is 0 Å². The predicted molar refractivity (Wildman–Crippen MR) is 91.4 cm³/mol. The minimum Gasteiger partial charge on any atom is -0.453 e. The third-order valence-electron chi connectivity index (χ3n) is 4.79. The molecule has 126 valence electrons. The SMILES string of the molecule is CC[C@@H](C)N(Cc1ccc(Sc2nncn2C)o1)C1CCCC1. The summed E-state index contributed by atoms with van der Waals surface area (Å²) in [5.41, 5.74) is 0. The topological polar surface area (TPSA) is 47.1 Å². The maximum Gasteiger partial charge on any atom is 0.198 e. The number of nitrogens with zero attached hydrogens (tertiary/aromatic N) is 4. The van der Waals surface area contributed by atoms with Crippen molar-refractivity contribution in [3.8, 4) is 0 Å².